The summed E-state index contributed by atoms with van der Waals surface area (Å²) in [5, 5.41) is 6.76. The Morgan fingerprint density at radius 1 is 1.42 bits per heavy atom. The Hall–Kier alpha value is -2.70. The van der Waals surface area contributed by atoms with Crippen LogP contribution in [0.3, 0.4) is 0 Å². The zero-order valence-electron chi connectivity index (χ0n) is 15.4. The summed E-state index contributed by atoms with van der Waals surface area (Å²) in [5.41, 5.74) is 3.12. The van der Waals surface area contributed by atoms with Crippen LogP contribution in [-0.4, -0.2) is 33.4 Å². The summed E-state index contributed by atoms with van der Waals surface area (Å²) < 4.78 is 5.23. The lowest BCUT2D eigenvalue weighted by Crippen LogP contribution is -2.31. The number of hydrogen-bond acceptors (Lipinski definition) is 5. The standard InChI is InChI=1S/C19H24N4O3/c1-4-16-18(12(2)26-22-16)19(25)23-9-5-6-17(23)14-7-8-20-15(10-14)11-21-13(3)24/h7-8,10,17H,4-6,9,11H2,1-3H3,(H,21,24)/t17-/m0/s1. The van der Waals surface area contributed by atoms with Crippen LogP contribution in [0, 0.1) is 6.92 Å². The summed E-state index contributed by atoms with van der Waals surface area (Å²) in [5.74, 6) is 0.451. The topological polar surface area (TPSA) is 88.3 Å². The van der Waals surface area contributed by atoms with Crippen LogP contribution in [0.15, 0.2) is 22.9 Å². The van der Waals surface area contributed by atoms with Gasteiger partial charge in [0, 0.05) is 19.7 Å². The largest absolute Gasteiger partial charge is 0.361 e. The molecule has 1 saturated heterocycles. The highest BCUT2D eigenvalue weighted by molar-refractivity contribution is 5.96. The van der Waals surface area contributed by atoms with Gasteiger partial charge in [0.25, 0.3) is 5.91 Å². The molecular weight excluding hydrogens is 332 g/mol. The number of carbonyl (C=O) groups excluding carboxylic acids is 2. The van der Waals surface area contributed by atoms with Crippen molar-refractivity contribution in [2.75, 3.05) is 6.54 Å². The third-order valence-electron chi connectivity index (χ3n) is 4.74. The fourth-order valence-corrected chi connectivity index (χ4v) is 3.45. The van der Waals surface area contributed by atoms with Crippen LogP contribution in [0.2, 0.25) is 0 Å². The maximum atomic E-state index is 13.1. The highest BCUT2D eigenvalue weighted by Gasteiger charge is 2.33. The molecule has 0 spiro atoms. The summed E-state index contributed by atoms with van der Waals surface area (Å²) >= 11 is 0. The van der Waals surface area contributed by atoms with Crippen LogP contribution in [0.5, 0.6) is 0 Å². The number of amides is 2. The van der Waals surface area contributed by atoms with E-state index in [0.29, 0.717) is 36.5 Å². The van der Waals surface area contributed by atoms with Crippen LogP contribution < -0.4 is 5.32 Å². The molecule has 3 heterocycles. The van der Waals surface area contributed by atoms with Gasteiger partial charge in [0.1, 0.15) is 11.3 Å². The molecule has 1 aliphatic rings. The Balaban J connectivity index is 1.84. The summed E-state index contributed by atoms with van der Waals surface area (Å²) in [6.07, 6.45) is 4.25. The van der Waals surface area contributed by atoms with E-state index in [1.54, 1.807) is 13.1 Å². The van der Waals surface area contributed by atoms with Gasteiger partial charge in [-0.1, -0.05) is 12.1 Å². The molecule has 1 aliphatic heterocycles. The molecular formula is C19H24N4O3. The number of pyridine rings is 1. The van der Waals surface area contributed by atoms with Crippen LogP contribution in [0.25, 0.3) is 0 Å². The first-order chi connectivity index (χ1) is 12.5. The minimum atomic E-state index is -0.0927. The predicted molar refractivity (Wildman–Crippen MR) is 95.4 cm³/mol. The maximum Gasteiger partial charge on any atom is 0.259 e. The molecule has 2 amide bonds. The Kier molecular flexibility index (Phi) is 5.35. The minimum Gasteiger partial charge on any atom is -0.361 e. The molecule has 2 aromatic heterocycles. The summed E-state index contributed by atoms with van der Waals surface area (Å²) in [7, 11) is 0. The second-order valence-electron chi connectivity index (χ2n) is 6.56. The SMILES string of the molecule is CCc1noc(C)c1C(=O)N1CCC[C@H]1c1ccnc(CNC(C)=O)c1. The van der Waals surface area contributed by atoms with E-state index < -0.39 is 0 Å². The Labute approximate surface area is 152 Å². The average Bonchev–Trinajstić information content (AvgIpc) is 3.26. The Morgan fingerprint density at radius 2 is 2.23 bits per heavy atom. The predicted octanol–water partition coefficient (Wildman–Crippen LogP) is 2.55. The fourth-order valence-electron chi connectivity index (χ4n) is 3.45. The molecule has 1 fully saturated rings. The molecule has 3 rings (SSSR count). The summed E-state index contributed by atoms with van der Waals surface area (Å²) in [6, 6.07) is 3.91. The zero-order valence-corrected chi connectivity index (χ0v) is 15.4. The van der Waals surface area contributed by atoms with Crippen molar-refractivity contribution in [3.63, 3.8) is 0 Å². The van der Waals surface area contributed by atoms with Crippen molar-refractivity contribution in [1.29, 1.82) is 0 Å². The lowest BCUT2D eigenvalue weighted by atomic mass is 10.0. The molecule has 7 nitrogen and oxygen atoms in total. The van der Waals surface area contributed by atoms with E-state index >= 15 is 0 Å². The first kappa shape index (κ1) is 18.1. The van der Waals surface area contributed by atoms with Gasteiger partial charge >= 0.3 is 0 Å². The van der Waals surface area contributed by atoms with Crippen molar-refractivity contribution in [3.8, 4) is 0 Å². The van der Waals surface area contributed by atoms with Gasteiger partial charge in [-0.3, -0.25) is 14.6 Å². The van der Waals surface area contributed by atoms with E-state index in [0.717, 1.165) is 24.1 Å². The van der Waals surface area contributed by atoms with Gasteiger partial charge in [0.15, 0.2) is 0 Å². The van der Waals surface area contributed by atoms with E-state index in [9.17, 15) is 9.59 Å². The van der Waals surface area contributed by atoms with Crippen LogP contribution in [0.1, 0.15) is 65.8 Å². The molecule has 7 heteroatoms. The van der Waals surface area contributed by atoms with Gasteiger partial charge in [0.2, 0.25) is 5.91 Å². The number of rotatable bonds is 5. The van der Waals surface area contributed by atoms with E-state index in [2.05, 4.69) is 15.5 Å². The number of aromatic nitrogens is 2. The molecule has 1 N–H and O–H groups in total. The second-order valence-corrected chi connectivity index (χ2v) is 6.56. The second kappa shape index (κ2) is 7.68. The van der Waals surface area contributed by atoms with Crippen molar-refractivity contribution in [2.45, 2.75) is 52.6 Å². The quantitative estimate of drug-likeness (QED) is 0.889. The van der Waals surface area contributed by atoms with Gasteiger partial charge < -0.3 is 14.7 Å². The number of hydrogen-bond donors (Lipinski definition) is 1. The molecule has 138 valence electrons. The number of aryl methyl sites for hydroxylation is 2. The van der Waals surface area contributed by atoms with E-state index in [1.807, 2.05) is 24.0 Å². The smallest absolute Gasteiger partial charge is 0.259 e. The van der Waals surface area contributed by atoms with Gasteiger partial charge in [-0.25, -0.2) is 0 Å². The first-order valence-electron chi connectivity index (χ1n) is 8.96. The van der Waals surface area contributed by atoms with Gasteiger partial charge in [-0.15, -0.1) is 0 Å². The van der Waals surface area contributed by atoms with Gasteiger partial charge in [-0.2, -0.15) is 0 Å². The fraction of sp³-hybridized carbons (Fsp3) is 0.474. The lowest BCUT2D eigenvalue weighted by Gasteiger charge is -2.25. The van der Waals surface area contributed by atoms with Crippen molar-refractivity contribution >= 4 is 11.8 Å². The van der Waals surface area contributed by atoms with Crippen molar-refractivity contribution in [2.24, 2.45) is 0 Å². The first-order valence-corrected chi connectivity index (χ1v) is 8.96. The molecule has 26 heavy (non-hydrogen) atoms. The highest BCUT2D eigenvalue weighted by atomic mass is 16.5. The zero-order chi connectivity index (χ0) is 18.7. The number of likely N-dealkylation sites (tertiary alicyclic amines) is 1. The monoisotopic (exact) mass is 356 g/mol. The summed E-state index contributed by atoms with van der Waals surface area (Å²) in [6.45, 7) is 6.32. The van der Waals surface area contributed by atoms with Crippen molar-refractivity contribution < 1.29 is 14.1 Å². The molecule has 1 atom stereocenters. The van der Waals surface area contributed by atoms with Gasteiger partial charge in [-0.05, 0) is 43.9 Å². The molecule has 0 aromatic carbocycles. The molecule has 0 saturated carbocycles. The Morgan fingerprint density at radius 3 is 2.96 bits per heavy atom. The molecule has 0 bridgehead atoms. The van der Waals surface area contributed by atoms with E-state index in [-0.39, 0.29) is 17.9 Å². The summed E-state index contributed by atoms with van der Waals surface area (Å²) in [4.78, 5) is 30.5. The Bertz CT molecular complexity index is 815. The lowest BCUT2D eigenvalue weighted by molar-refractivity contribution is -0.119. The molecule has 0 aliphatic carbocycles. The molecule has 0 radical (unpaired) electrons. The van der Waals surface area contributed by atoms with E-state index in [4.69, 9.17) is 4.52 Å². The molecule has 0 unspecified atom stereocenters. The van der Waals surface area contributed by atoms with Crippen LogP contribution in [-0.2, 0) is 17.8 Å². The number of carbonyl (C=O) groups is 2. The van der Waals surface area contributed by atoms with Gasteiger partial charge in [0.05, 0.1) is 24.0 Å². The third-order valence-corrected chi connectivity index (χ3v) is 4.74. The number of nitrogens with one attached hydrogen (secondary N) is 1. The highest BCUT2D eigenvalue weighted by Crippen LogP contribution is 2.34. The molecule has 2 aromatic rings. The minimum absolute atomic E-state index is 0.000541. The third kappa shape index (κ3) is 3.61. The van der Waals surface area contributed by atoms with E-state index in [1.165, 1.54) is 6.92 Å². The maximum absolute atomic E-state index is 13.1. The van der Waals surface area contributed by atoms with Crippen LogP contribution in [0.4, 0.5) is 0 Å². The van der Waals surface area contributed by atoms with Crippen molar-refractivity contribution in [3.05, 3.63) is 46.6 Å². The average molecular weight is 356 g/mol. The van der Waals surface area contributed by atoms with Crippen LogP contribution >= 0.6 is 0 Å². The normalized spacial score (nSPS) is 16.7. The van der Waals surface area contributed by atoms with Crippen molar-refractivity contribution in [1.82, 2.24) is 20.4 Å². The number of nitrogens with zero attached hydrogens (tertiary/aromatic N) is 3.